The van der Waals surface area contributed by atoms with Crippen LogP contribution in [0.1, 0.15) is 31.4 Å². The quantitative estimate of drug-likeness (QED) is 0.413. The molecule has 0 saturated carbocycles. The average molecular weight is 432 g/mol. The zero-order chi connectivity index (χ0) is 16.5. The maximum Gasteiger partial charge on any atom is 0.241 e. The largest absolute Gasteiger partial charge is 0.354 e. The van der Waals surface area contributed by atoms with Gasteiger partial charge in [-0.2, -0.15) is 0 Å². The van der Waals surface area contributed by atoms with Crippen molar-refractivity contribution in [2.45, 2.75) is 39.8 Å². The van der Waals surface area contributed by atoms with Gasteiger partial charge in [0.25, 0.3) is 0 Å². The molecule has 6 heteroatoms. The minimum Gasteiger partial charge on any atom is -0.354 e. The molecular formula is C17H29IN4O. The number of benzene rings is 1. The van der Waals surface area contributed by atoms with E-state index in [1.165, 1.54) is 5.56 Å². The minimum atomic E-state index is 0. The Morgan fingerprint density at radius 2 is 1.87 bits per heavy atom. The van der Waals surface area contributed by atoms with Gasteiger partial charge in [0.2, 0.25) is 5.91 Å². The Bertz CT molecular complexity index is 500. The molecule has 23 heavy (non-hydrogen) atoms. The normalized spacial score (nSPS) is 12.1. The highest BCUT2D eigenvalue weighted by molar-refractivity contribution is 14.0. The van der Waals surface area contributed by atoms with Crippen LogP contribution >= 0.6 is 24.0 Å². The zero-order valence-electron chi connectivity index (χ0n) is 14.7. The number of likely N-dealkylation sites (N-methyl/N-ethyl adjacent to an activating group) is 1. The van der Waals surface area contributed by atoms with Crippen LogP contribution in [-0.2, 0) is 11.3 Å². The van der Waals surface area contributed by atoms with E-state index in [4.69, 9.17) is 0 Å². The molecule has 0 bridgehead atoms. The van der Waals surface area contributed by atoms with E-state index in [-0.39, 0.29) is 36.4 Å². The SMILES string of the molecule is CCC(C)NC(=NCc1ccc(C)cc1)NCC(=O)N(C)C.I. The number of hydrogen-bond donors (Lipinski definition) is 2. The lowest BCUT2D eigenvalue weighted by atomic mass is 10.1. The molecule has 1 aromatic carbocycles. The monoisotopic (exact) mass is 432 g/mol. The van der Waals surface area contributed by atoms with Crippen molar-refractivity contribution in [2.24, 2.45) is 4.99 Å². The van der Waals surface area contributed by atoms with Crippen LogP contribution in [0.15, 0.2) is 29.3 Å². The predicted octanol–water partition coefficient (Wildman–Crippen LogP) is 2.53. The van der Waals surface area contributed by atoms with Crippen LogP contribution in [0.5, 0.6) is 0 Å². The summed E-state index contributed by atoms with van der Waals surface area (Å²) in [6.45, 7) is 7.10. The lowest BCUT2D eigenvalue weighted by Gasteiger charge is -2.18. The maximum atomic E-state index is 11.7. The van der Waals surface area contributed by atoms with Crippen LogP contribution in [0.4, 0.5) is 0 Å². The van der Waals surface area contributed by atoms with Crippen LogP contribution in [0.3, 0.4) is 0 Å². The van der Waals surface area contributed by atoms with E-state index in [1.54, 1.807) is 19.0 Å². The van der Waals surface area contributed by atoms with Crippen molar-refractivity contribution >= 4 is 35.8 Å². The Morgan fingerprint density at radius 1 is 1.26 bits per heavy atom. The number of nitrogens with one attached hydrogen (secondary N) is 2. The first kappa shape index (κ1) is 21.7. The molecule has 0 radical (unpaired) electrons. The molecule has 1 aromatic rings. The summed E-state index contributed by atoms with van der Waals surface area (Å²) >= 11 is 0. The number of amides is 1. The molecule has 5 nitrogen and oxygen atoms in total. The van der Waals surface area contributed by atoms with Crippen LogP contribution in [0, 0.1) is 6.92 Å². The average Bonchev–Trinajstić information content (AvgIpc) is 2.50. The highest BCUT2D eigenvalue weighted by atomic mass is 127. The fourth-order valence-corrected chi connectivity index (χ4v) is 1.67. The van der Waals surface area contributed by atoms with Gasteiger partial charge < -0.3 is 15.5 Å². The summed E-state index contributed by atoms with van der Waals surface area (Å²) in [5.74, 6) is 0.694. The molecule has 1 atom stereocenters. The first-order valence-electron chi connectivity index (χ1n) is 7.73. The standard InChI is InChI=1S/C17H28N4O.HI/c1-6-14(3)20-17(19-12-16(22)21(4)5)18-11-15-9-7-13(2)8-10-15;/h7-10,14H,6,11-12H2,1-5H3,(H2,18,19,20);1H. The maximum absolute atomic E-state index is 11.7. The number of aryl methyl sites for hydroxylation is 1. The van der Waals surface area contributed by atoms with E-state index >= 15 is 0 Å². The summed E-state index contributed by atoms with van der Waals surface area (Å²) in [6, 6.07) is 8.61. The molecule has 0 aliphatic rings. The topological polar surface area (TPSA) is 56.7 Å². The predicted molar refractivity (Wildman–Crippen MR) is 107 cm³/mol. The van der Waals surface area contributed by atoms with Crippen molar-refractivity contribution in [1.82, 2.24) is 15.5 Å². The van der Waals surface area contributed by atoms with E-state index in [9.17, 15) is 4.79 Å². The Hall–Kier alpha value is -1.31. The Balaban J connectivity index is 0.00000484. The van der Waals surface area contributed by atoms with Gasteiger partial charge in [0.05, 0.1) is 13.1 Å². The van der Waals surface area contributed by atoms with Gasteiger partial charge in [-0.15, -0.1) is 24.0 Å². The number of carbonyl (C=O) groups is 1. The number of guanidine groups is 1. The van der Waals surface area contributed by atoms with Crippen LogP contribution in [0.2, 0.25) is 0 Å². The van der Waals surface area contributed by atoms with Gasteiger partial charge in [-0.1, -0.05) is 36.8 Å². The fraction of sp³-hybridized carbons (Fsp3) is 0.529. The Labute approximate surface area is 157 Å². The van der Waals surface area contributed by atoms with Crippen molar-refractivity contribution in [1.29, 1.82) is 0 Å². The summed E-state index contributed by atoms with van der Waals surface area (Å²) in [6.07, 6.45) is 0.993. The van der Waals surface area contributed by atoms with Gasteiger partial charge in [0, 0.05) is 20.1 Å². The first-order chi connectivity index (χ1) is 10.4. The number of halogens is 1. The third-order valence-electron chi connectivity index (χ3n) is 3.44. The second-order valence-corrected chi connectivity index (χ2v) is 5.75. The number of nitrogens with zero attached hydrogens (tertiary/aromatic N) is 2. The third-order valence-corrected chi connectivity index (χ3v) is 3.44. The third kappa shape index (κ3) is 8.78. The molecule has 0 aliphatic carbocycles. The van der Waals surface area contributed by atoms with Gasteiger partial charge in [-0.25, -0.2) is 4.99 Å². The molecule has 0 spiro atoms. The summed E-state index contributed by atoms with van der Waals surface area (Å²) in [7, 11) is 3.49. The summed E-state index contributed by atoms with van der Waals surface area (Å²) in [5, 5.41) is 6.41. The van der Waals surface area contributed by atoms with Gasteiger partial charge in [0.1, 0.15) is 0 Å². The van der Waals surface area contributed by atoms with Crippen LogP contribution < -0.4 is 10.6 Å². The van der Waals surface area contributed by atoms with Crippen molar-refractivity contribution in [2.75, 3.05) is 20.6 Å². The molecule has 0 saturated heterocycles. The lowest BCUT2D eigenvalue weighted by molar-refractivity contribution is -0.127. The molecule has 1 amide bonds. The van der Waals surface area contributed by atoms with Gasteiger partial charge in [-0.05, 0) is 25.8 Å². The van der Waals surface area contributed by atoms with Crippen LogP contribution in [0.25, 0.3) is 0 Å². The smallest absolute Gasteiger partial charge is 0.241 e. The van der Waals surface area contributed by atoms with E-state index < -0.39 is 0 Å². The molecule has 0 aliphatic heterocycles. The Kier molecular flexibility index (Phi) is 10.6. The molecular weight excluding hydrogens is 403 g/mol. The summed E-state index contributed by atoms with van der Waals surface area (Å²) in [4.78, 5) is 17.8. The van der Waals surface area contributed by atoms with Crippen molar-refractivity contribution in [3.8, 4) is 0 Å². The van der Waals surface area contributed by atoms with Crippen molar-refractivity contribution in [3.05, 3.63) is 35.4 Å². The first-order valence-corrected chi connectivity index (χ1v) is 7.73. The van der Waals surface area contributed by atoms with E-state index in [0.717, 1.165) is 12.0 Å². The lowest BCUT2D eigenvalue weighted by Crippen LogP contribution is -2.45. The fourth-order valence-electron chi connectivity index (χ4n) is 1.67. The molecule has 0 heterocycles. The van der Waals surface area contributed by atoms with Gasteiger partial charge in [-0.3, -0.25) is 4.79 Å². The highest BCUT2D eigenvalue weighted by Gasteiger charge is 2.07. The number of aliphatic imine (C=N–C) groups is 1. The second-order valence-electron chi connectivity index (χ2n) is 5.75. The molecule has 1 unspecified atom stereocenters. The minimum absolute atomic E-state index is 0. The second kappa shape index (κ2) is 11.3. The number of rotatable bonds is 6. The Morgan fingerprint density at radius 3 is 2.39 bits per heavy atom. The summed E-state index contributed by atoms with van der Waals surface area (Å²) < 4.78 is 0. The van der Waals surface area contributed by atoms with E-state index in [2.05, 4.69) is 60.7 Å². The highest BCUT2D eigenvalue weighted by Crippen LogP contribution is 2.04. The van der Waals surface area contributed by atoms with E-state index in [1.807, 2.05) is 0 Å². The summed E-state index contributed by atoms with van der Waals surface area (Å²) in [5.41, 5.74) is 2.38. The van der Waals surface area contributed by atoms with Crippen molar-refractivity contribution in [3.63, 3.8) is 0 Å². The molecule has 1 rings (SSSR count). The molecule has 130 valence electrons. The molecule has 0 fully saturated rings. The molecule has 2 N–H and O–H groups in total. The zero-order valence-corrected chi connectivity index (χ0v) is 17.0. The molecule has 0 aromatic heterocycles. The van der Waals surface area contributed by atoms with Gasteiger partial charge >= 0.3 is 0 Å². The van der Waals surface area contributed by atoms with Crippen molar-refractivity contribution < 1.29 is 4.79 Å². The van der Waals surface area contributed by atoms with Gasteiger partial charge in [0.15, 0.2) is 5.96 Å². The van der Waals surface area contributed by atoms with E-state index in [0.29, 0.717) is 18.5 Å². The van der Waals surface area contributed by atoms with Crippen LogP contribution in [-0.4, -0.2) is 43.4 Å². The number of hydrogen-bond acceptors (Lipinski definition) is 2. The number of carbonyl (C=O) groups excluding carboxylic acids is 1.